The van der Waals surface area contributed by atoms with Gasteiger partial charge in [-0.1, -0.05) is 12.1 Å². The van der Waals surface area contributed by atoms with E-state index in [0.29, 0.717) is 18.0 Å². The van der Waals surface area contributed by atoms with Crippen LogP contribution in [0.3, 0.4) is 0 Å². The van der Waals surface area contributed by atoms with Gasteiger partial charge < -0.3 is 10.4 Å². The molecule has 0 fully saturated rings. The topological polar surface area (TPSA) is 95.5 Å². The van der Waals surface area contributed by atoms with E-state index >= 15 is 0 Å². The van der Waals surface area contributed by atoms with E-state index in [-0.39, 0.29) is 12.1 Å². The highest BCUT2D eigenvalue weighted by Crippen LogP contribution is 2.24. The third-order valence-corrected chi connectivity index (χ3v) is 6.06. The lowest BCUT2D eigenvalue weighted by Crippen LogP contribution is -2.31. The molecule has 0 amide bonds. The van der Waals surface area contributed by atoms with Crippen molar-refractivity contribution < 1.29 is 18.3 Å². The van der Waals surface area contributed by atoms with E-state index in [4.69, 9.17) is 5.11 Å². The molecule has 0 spiro atoms. The SMILES string of the molecule is Cc1cc(S(=O)(=O)NCCNCc2cccc(C(=O)O)c2)c(C)s1. The molecule has 2 rings (SSSR count). The first-order valence-corrected chi connectivity index (χ1v) is 9.69. The fourth-order valence-corrected chi connectivity index (χ4v) is 4.86. The van der Waals surface area contributed by atoms with Crippen LogP contribution in [-0.4, -0.2) is 32.6 Å². The molecule has 130 valence electrons. The molecule has 0 bridgehead atoms. The Balaban J connectivity index is 1.82. The number of aromatic carboxylic acids is 1. The molecule has 0 atom stereocenters. The van der Waals surface area contributed by atoms with Crippen molar-refractivity contribution in [2.45, 2.75) is 25.3 Å². The molecule has 8 heteroatoms. The number of nitrogens with one attached hydrogen (secondary N) is 2. The minimum atomic E-state index is -3.49. The van der Waals surface area contributed by atoms with E-state index in [1.165, 1.54) is 17.4 Å². The molecule has 0 aliphatic rings. The standard InChI is InChI=1S/C16H20N2O4S2/c1-11-8-15(12(2)23-11)24(21,22)18-7-6-17-10-13-4-3-5-14(9-13)16(19)20/h3-5,8-9,17-18H,6-7,10H2,1-2H3,(H,19,20). The highest BCUT2D eigenvalue weighted by Gasteiger charge is 2.18. The van der Waals surface area contributed by atoms with Crippen LogP contribution in [0, 0.1) is 13.8 Å². The first-order chi connectivity index (χ1) is 11.3. The van der Waals surface area contributed by atoms with Gasteiger partial charge in [0.05, 0.1) is 10.5 Å². The molecule has 6 nitrogen and oxygen atoms in total. The zero-order valence-corrected chi connectivity index (χ0v) is 15.1. The van der Waals surface area contributed by atoms with Gasteiger partial charge in [0.15, 0.2) is 0 Å². The lowest BCUT2D eigenvalue weighted by molar-refractivity contribution is 0.0696. The minimum Gasteiger partial charge on any atom is -0.478 e. The average molecular weight is 368 g/mol. The number of aryl methyl sites for hydroxylation is 2. The Labute approximate surface area is 145 Å². The third kappa shape index (κ3) is 4.88. The largest absolute Gasteiger partial charge is 0.478 e. The van der Waals surface area contributed by atoms with Crippen LogP contribution in [-0.2, 0) is 16.6 Å². The van der Waals surface area contributed by atoms with Crippen molar-refractivity contribution >= 4 is 27.3 Å². The Morgan fingerprint density at radius 3 is 2.58 bits per heavy atom. The lowest BCUT2D eigenvalue weighted by atomic mass is 10.1. The van der Waals surface area contributed by atoms with Gasteiger partial charge in [0, 0.05) is 29.4 Å². The molecule has 3 N–H and O–H groups in total. The van der Waals surface area contributed by atoms with E-state index in [0.717, 1.165) is 15.3 Å². The van der Waals surface area contributed by atoms with Crippen LogP contribution >= 0.6 is 11.3 Å². The van der Waals surface area contributed by atoms with Gasteiger partial charge in [-0.15, -0.1) is 11.3 Å². The molecule has 2 aromatic rings. The van der Waals surface area contributed by atoms with E-state index < -0.39 is 16.0 Å². The summed E-state index contributed by atoms with van der Waals surface area (Å²) in [5.74, 6) is -0.967. The molecule has 1 aromatic carbocycles. The van der Waals surface area contributed by atoms with E-state index in [1.54, 1.807) is 25.1 Å². The number of carboxylic acid groups (broad SMARTS) is 1. The van der Waals surface area contributed by atoms with Crippen LogP contribution < -0.4 is 10.0 Å². The van der Waals surface area contributed by atoms with Crippen LogP contribution in [0.15, 0.2) is 35.2 Å². The maximum absolute atomic E-state index is 12.2. The molecular formula is C16H20N2O4S2. The summed E-state index contributed by atoms with van der Waals surface area (Å²) in [5, 5.41) is 12.0. The fourth-order valence-electron chi connectivity index (χ4n) is 2.27. The normalized spacial score (nSPS) is 11.6. The number of carboxylic acids is 1. The van der Waals surface area contributed by atoms with Gasteiger partial charge in [-0.05, 0) is 37.6 Å². The Bertz CT molecular complexity index is 828. The molecule has 1 heterocycles. The summed E-state index contributed by atoms with van der Waals surface area (Å²) >= 11 is 1.46. The molecule has 0 unspecified atom stereocenters. The Hall–Kier alpha value is -1.74. The summed E-state index contributed by atoms with van der Waals surface area (Å²) in [7, 11) is -3.49. The molecule has 0 saturated carbocycles. The Morgan fingerprint density at radius 1 is 1.21 bits per heavy atom. The molecule has 0 aliphatic heterocycles. The Morgan fingerprint density at radius 2 is 1.96 bits per heavy atom. The second-order valence-corrected chi connectivity index (χ2v) is 8.55. The summed E-state index contributed by atoms with van der Waals surface area (Å²) in [5.41, 5.74) is 1.07. The predicted molar refractivity (Wildman–Crippen MR) is 94.1 cm³/mol. The molecular weight excluding hydrogens is 348 g/mol. The van der Waals surface area contributed by atoms with E-state index in [9.17, 15) is 13.2 Å². The number of carbonyl (C=O) groups is 1. The number of hydrogen-bond acceptors (Lipinski definition) is 5. The van der Waals surface area contributed by atoms with E-state index in [2.05, 4.69) is 10.0 Å². The minimum absolute atomic E-state index is 0.235. The van der Waals surface area contributed by atoms with Crippen LogP contribution in [0.25, 0.3) is 0 Å². The summed E-state index contributed by atoms with van der Waals surface area (Å²) in [6, 6.07) is 8.31. The predicted octanol–water partition coefficient (Wildman–Crippen LogP) is 2.13. The Kier molecular flexibility index (Phi) is 6.11. The quantitative estimate of drug-likeness (QED) is 0.621. The first-order valence-electron chi connectivity index (χ1n) is 7.39. The van der Waals surface area contributed by atoms with Gasteiger partial charge in [-0.3, -0.25) is 0 Å². The summed E-state index contributed by atoms with van der Waals surface area (Å²) in [6.07, 6.45) is 0. The summed E-state index contributed by atoms with van der Waals surface area (Å²) < 4.78 is 27.0. The molecule has 24 heavy (non-hydrogen) atoms. The number of thiophene rings is 1. The van der Waals surface area contributed by atoms with Gasteiger partial charge in [0.25, 0.3) is 0 Å². The van der Waals surface area contributed by atoms with Crippen molar-refractivity contribution in [2.24, 2.45) is 0 Å². The van der Waals surface area contributed by atoms with Gasteiger partial charge in [0.1, 0.15) is 0 Å². The summed E-state index contributed by atoms with van der Waals surface area (Å²) in [4.78, 5) is 13.0. The van der Waals surface area contributed by atoms with Crippen molar-refractivity contribution in [1.29, 1.82) is 0 Å². The zero-order valence-electron chi connectivity index (χ0n) is 13.5. The van der Waals surface area contributed by atoms with Crippen LogP contribution in [0.1, 0.15) is 25.7 Å². The lowest BCUT2D eigenvalue weighted by Gasteiger charge is -2.08. The number of rotatable bonds is 8. The van der Waals surface area contributed by atoms with Gasteiger partial charge in [0.2, 0.25) is 10.0 Å². The van der Waals surface area contributed by atoms with Crippen molar-refractivity contribution in [1.82, 2.24) is 10.0 Å². The third-order valence-electron chi connectivity index (χ3n) is 3.38. The monoisotopic (exact) mass is 368 g/mol. The molecule has 1 aromatic heterocycles. The van der Waals surface area contributed by atoms with Gasteiger partial charge in [-0.2, -0.15) is 0 Å². The smallest absolute Gasteiger partial charge is 0.335 e. The van der Waals surface area contributed by atoms with Gasteiger partial charge >= 0.3 is 5.97 Å². The number of benzene rings is 1. The molecule has 0 aliphatic carbocycles. The van der Waals surface area contributed by atoms with Crippen molar-refractivity contribution in [3.63, 3.8) is 0 Å². The van der Waals surface area contributed by atoms with Gasteiger partial charge in [-0.25, -0.2) is 17.9 Å². The zero-order chi connectivity index (χ0) is 17.7. The maximum atomic E-state index is 12.2. The van der Waals surface area contributed by atoms with Crippen molar-refractivity contribution in [3.8, 4) is 0 Å². The van der Waals surface area contributed by atoms with Crippen LogP contribution in [0.2, 0.25) is 0 Å². The summed E-state index contributed by atoms with van der Waals surface area (Å²) in [6.45, 7) is 4.84. The molecule has 0 radical (unpaired) electrons. The number of sulfonamides is 1. The van der Waals surface area contributed by atoms with Crippen LogP contribution in [0.5, 0.6) is 0 Å². The van der Waals surface area contributed by atoms with Crippen LogP contribution in [0.4, 0.5) is 0 Å². The van der Waals surface area contributed by atoms with Crippen molar-refractivity contribution in [2.75, 3.05) is 13.1 Å². The fraction of sp³-hybridized carbons (Fsp3) is 0.312. The first kappa shape index (κ1) is 18.6. The maximum Gasteiger partial charge on any atom is 0.335 e. The highest BCUT2D eigenvalue weighted by atomic mass is 32.2. The number of hydrogen-bond donors (Lipinski definition) is 3. The average Bonchev–Trinajstić information content (AvgIpc) is 2.86. The molecule has 0 saturated heterocycles. The van der Waals surface area contributed by atoms with Crippen molar-refractivity contribution in [3.05, 3.63) is 51.2 Å². The second kappa shape index (κ2) is 7.89. The highest BCUT2D eigenvalue weighted by molar-refractivity contribution is 7.89. The second-order valence-electron chi connectivity index (χ2n) is 5.36. The van der Waals surface area contributed by atoms with E-state index in [1.807, 2.05) is 13.0 Å².